The Morgan fingerprint density at radius 2 is 1.97 bits per heavy atom. The number of carbonyl (C=O) groups excluding carboxylic acids is 2. The molecular formula is C21H25ClN4O5. The number of halogens is 1. The first kappa shape index (κ1) is 24.1. The molecule has 31 heavy (non-hydrogen) atoms. The highest BCUT2D eigenvalue weighted by atomic mass is 35.5. The Labute approximate surface area is 185 Å². The second kappa shape index (κ2) is 11.9. The number of nitrogens with zero attached hydrogens (tertiary/aromatic N) is 2. The first-order chi connectivity index (χ1) is 14.8. The molecular weight excluding hydrogens is 424 g/mol. The van der Waals surface area contributed by atoms with Crippen LogP contribution in [0.3, 0.4) is 0 Å². The minimum absolute atomic E-state index is 0.115. The number of nitro benzene ring substituents is 1. The zero-order chi connectivity index (χ0) is 22.8. The summed E-state index contributed by atoms with van der Waals surface area (Å²) in [5.41, 5.74) is 0.926. The lowest BCUT2D eigenvalue weighted by molar-refractivity contribution is -0.384. The molecule has 2 rings (SSSR count). The number of nitrogens with one attached hydrogen (secondary N) is 2. The molecule has 0 atom stereocenters. The van der Waals surface area contributed by atoms with Crippen LogP contribution in [0.15, 0.2) is 42.5 Å². The summed E-state index contributed by atoms with van der Waals surface area (Å²) >= 11 is 6.12. The van der Waals surface area contributed by atoms with E-state index in [-0.39, 0.29) is 35.9 Å². The lowest BCUT2D eigenvalue weighted by Gasteiger charge is -2.17. The maximum Gasteiger partial charge on any atom is 0.293 e. The number of anilines is 1. The van der Waals surface area contributed by atoms with Crippen molar-refractivity contribution in [2.24, 2.45) is 0 Å². The highest BCUT2D eigenvalue weighted by Crippen LogP contribution is 2.27. The van der Waals surface area contributed by atoms with Crippen LogP contribution in [-0.2, 0) is 16.1 Å². The largest absolute Gasteiger partial charge is 0.385 e. The van der Waals surface area contributed by atoms with E-state index in [4.69, 9.17) is 16.3 Å². The van der Waals surface area contributed by atoms with Gasteiger partial charge < -0.3 is 20.3 Å². The van der Waals surface area contributed by atoms with Gasteiger partial charge in [0.1, 0.15) is 5.69 Å². The predicted octanol–water partition coefficient (Wildman–Crippen LogP) is 3.09. The molecule has 0 fully saturated rings. The van der Waals surface area contributed by atoms with Crippen LogP contribution in [0.1, 0.15) is 22.3 Å². The van der Waals surface area contributed by atoms with Crippen molar-refractivity contribution in [3.63, 3.8) is 0 Å². The standard InChI is InChI=1S/C21H25ClN4O5/c1-25(14-20(27)23-10-5-11-31-2)21(28)15-8-9-18(19(12-15)26(29)30)24-13-16-6-3-4-7-17(16)22/h3-4,6-9,12,24H,5,10-11,13-14H2,1-2H3,(H,23,27). The van der Waals surface area contributed by atoms with Crippen molar-refractivity contribution < 1.29 is 19.2 Å². The summed E-state index contributed by atoms with van der Waals surface area (Å²) in [5.74, 6) is -0.813. The van der Waals surface area contributed by atoms with Gasteiger partial charge in [0.25, 0.3) is 11.6 Å². The Morgan fingerprint density at radius 3 is 2.65 bits per heavy atom. The normalized spacial score (nSPS) is 10.4. The average Bonchev–Trinajstić information content (AvgIpc) is 2.75. The third kappa shape index (κ3) is 7.23. The van der Waals surface area contributed by atoms with Crippen molar-refractivity contribution in [1.29, 1.82) is 0 Å². The van der Waals surface area contributed by atoms with Gasteiger partial charge in [-0.3, -0.25) is 19.7 Å². The van der Waals surface area contributed by atoms with Crippen LogP contribution >= 0.6 is 11.6 Å². The van der Waals surface area contributed by atoms with Crippen molar-refractivity contribution in [2.75, 3.05) is 39.2 Å². The third-order valence-corrected chi connectivity index (χ3v) is 4.81. The highest BCUT2D eigenvalue weighted by Gasteiger charge is 2.21. The molecule has 0 spiro atoms. The number of carbonyl (C=O) groups is 2. The number of hydrogen-bond donors (Lipinski definition) is 2. The number of hydrogen-bond acceptors (Lipinski definition) is 6. The summed E-state index contributed by atoms with van der Waals surface area (Å²) in [5, 5.41) is 17.8. The molecule has 0 aliphatic rings. The number of likely N-dealkylation sites (N-methyl/N-ethyl adjacent to an activating group) is 1. The van der Waals surface area contributed by atoms with Gasteiger partial charge >= 0.3 is 0 Å². The number of ether oxygens (including phenoxy) is 1. The molecule has 2 amide bonds. The molecule has 166 valence electrons. The smallest absolute Gasteiger partial charge is 0.293 e. The van der Waals surface area contributed by atoms with E-state index in [0.717, 1.165) is 5.56 Å². The van der Waals surface area contributed by atoms with E-state index in [1.807, 2.05) is 12.1 Å². The molecule has 0 saturated carbocycles. The summed E-state index contributed by atoms with van der Waals surface area (Å²) in [6, 6.07) is 11.3. The molecule has 0 aliphatic carbocycles. The zero-order valence-corrected chi connectivity index (χ0v) is 18.1. The van der Waals surface area contributed by atoms with E-state index < -0.39 is 10.8 Å². The fraction of sp³-hybridized carbons (Fsp3) is 0.333. The molecule has 0 heterocycles. The van der Waals surface area contributed by atoms with E-state index >= 15 is 0 Å². The topological polar surface area (TPSA) is 114 Å². The summed E-state index contributed by atoms with van der Waals surface area (Å²) in [6.45, 7) is 1.09. The maximum atomic E-state index is 12.6. The van der Waals surface area contributed by atoms with Gasteiger partial charge in [0.2, 0.25) is 5.91 Å². The number of methoxy groups -OCH3 is 1. The minimum Gasteiger partial charge on any atom is -0.385 e. The van der Waals surface area contributed by atoms with E-state index in [9.17, 15) is 19.7 Å². The Hall–Kier alpha value is -3.17. The van der Waals surface area contributed by atoms with Gasteiger partial charge in [0, 0.05) is 50.5 Å². The molecule has 0 aromatic heterocycles. The van der Waals surface area contributed by atoms with Gasteiger partial charge in [0.05, 0.1) is 11.5 Å². The van der Waals surface area contributed by atoms with E-state index in [2.05, 4.69) is 10.6 Å². The molecule has 0 aliphatic heterocycles. The van der Waals surface area contributed by atoms with Crippen molar-refractivity contribution >= 4 is 34.8 Å². The van der Waals surface area contributed by atoms with Gasteiger partial charge in [-0.1, -0.05) is 29.8 Å². The summed E-state index contributed by atoms with van der Waals surface area (Å²) in [6.07, 6.45) is 0.661. The van der Waals surface area contributed by atoms with Gasteiger partial charge in [0.15, 0.2) is 0 Å². The van der Waals surface area contributed by atoms with Crippen LogP contribution in [-0.4, -0.2) is 55.5 Å². The maximum absolute atomic E-state index is 12.6. The van der Waals surface area contributed by atoms with Crippen LogP contribution in [0, 0.1) is 10.1 Å². The van der Waals surface area contributed by atoms with Crippen LogP contribution < -0.4 is 10.6 Å². The van der Waals surface area contributed by atoms with Crippen molar-refractivity contribution in [1.82, 2.24) is 10.2 Å². The summed E-state index contributed by atoms with van der Waals surface area (Å²) in [7, 11) is 3.04. The molecule has 0 unspecified atom stereocenters. The second-order valence-electron chi connectivity index (χ2n) is 6.79. The molecule has 0 saturated heterocycles. The minimum atomic E-state index is -0.561. The third-order valence-electron chi connectivity index (χ3n) is 4.44. The molecule has 9 nitrogen and oxygen atoms in total. The van der Waals surface area contributed by atoms with Gasteiger partial charge in [-0.15, -0.1) is 0 Å². The van der Waals surface area contributed by atoms with E-state index in [1.165, 1.54) is 30.1 Å². The van der Waals surface area contributed by atoms with Gasteiger partial charge in [-0.25, -0.2) is 0 Å². The Balaban J connectivity index is 2.05. The quantitative estimate of drug-likeness (QED) is 0.310. The number of benzene rings is 2. The molecule has 0 radical (unpaired) electrons. The number of amides is 2. The lowest BCUT2D eigenvalue weighted by Crippen LogP contribution is -2.38. The first-order valence-electron chi connectivity index (χ1n) is 9.60. The molecule has 0 bridgehead atoms. The highest BCUT2D eigenvalue weighted by molar-refractivity contribution is 6.31. The van der Waals surface area contributed by atoms with E-state index in [1.54, 1.807) is 19.2 Å². The monoisotopic (exact) mass is 448 g/mol. The Bertz CT molecular complexity index is 938. The van der Waals surface area contributed by atoms with Crippen LogP contribution in [0.2, 0.25) is 5.02 Å². The summed E-state index contributed by atoms with van der Waals surface area (Å²) < 4.78 is 4.91. The molecule has 10 heteroatoms. The Morgan fingerprint density at radius 1 is 1.23 bits per heavy atom. The van der Waals surface area contributed by atoms with Crippen molar-refractivity contribution in [2.45, 2.75) is 13.0 Å². The average molecular weight is 449 g/mol. The molecule has 2 aromatic rings. The number of nitro groups is 1. The van der Waals surface area contributed by atoms with Crippen LogP contribution in [0.4, 0.5) is 11.4 Å². The molecule has 2 aromatic carbocycles. The zero-order valence-electron chi connectivity index (χ0n) is 17.4. The van der Waals surface area contributed by atoms with Crippen molar-refractivity contribution in [3.05, 3.63) is 68.7 Å². The fourth-order valence-electron chi connectivity index (χ4n) is 2.81. The van der Waals surface area contributed by atoms with Gasteiger partial charge in [-0.05, 0) is 30.2 Å². The van der Waals surface area contributed by atoms with E-state index in [0.29, 0.717) is 24.6 Å². The SMILES string of the molecule is COCCCNC(=O)CN(C)C(=O)c1ccc(NCc2ccccc2Cl)c([N+](=O)[O-])c1. The lowest BCUT2D eigenvalue weighted by atomic mass is 10.1. The first-order valence-corrected chi connectivity index (χ1v) is 9.98. The van der Waals surface area contributed by atoms with Crippen molar-refractivity contribution in [3.8, 4) is 0 Å². The number of rotatable bonds is 11. The molecule has 2 N–H and O–H groups in total. The van der Waals surface area contributed by atoms with Crippen LogP contribution in [0.5, 0.6) is 0 Å². The fourth-order valence-corrected chi connectivity index (χ4v) is 3.01. The van der Waals surface area contributed by atoms with Gasteiger partial charge in [-0.2, -0.15) is 0 Å². The van der Waals surface area contributed by atoms with Crippen LogP contribution in [0.25, 0.3) is 0 Å². The summed E-state index contributed by atoms with van der Waals surface area (Å²) in [4.78, 5) is 36.8. The second-order valence-corrected chi connectivity index (χ2v) is 7.20. The Kier molecular flexibility index (Phi) is 9.23. The predicted molar refractivity (Wildman–Crippen MR) is 118 cm³/mol.